The van der Waals surface area contributed by atoms with Crippen molar-refractivity contribution in [3.8, 4) is 0 Å². The van der Waals surface area contributed by atoms with Gasteiger partial charge in [0.2, 0.25) is 5.91 Å². The van der Waals surface area contributed by atoms with Crippen LogP contribution < -0.4 is 5.32 Å². The molecule has 3 amide bonds. The second kappa shape index (κ2) is 9.07. The fraction of sp³-hybridized carbons (Fsp3) is 0.818. The number of carbonyl (C=O) groups excluding carboxylic acids is 2. The van der Waals surface area contributed by atoms with Gasteiger partial charge in [-0.15, -0.1) is 11.6 Å². The number of rotatable bonds is 8. The highest BCUT2D eigenvalue weighted by Crippen LogP contribution is 2.66. The van der Waals surface area contributed by atoms with Crippen LogP contribution in [-0.4, -0.2) is 78.0 Å². The number of carbonyl (C=O) groups is 2. The van der Waals surface area contributed by atoms with E-state index in [0.717, 1.165) is 4.90 Å². The summed E-state index contributed by atoms with van der Waals surface area (Å²) in [5.41, 5.74) is 0. The highest BCUT2D eigenvalue weighted by atomic mass is 35.5. The Kier molecular flexibility index (Phi) is 7.84. The van der Waals surface area contributed by atoms with E-state index in [-0.39, 0.29) is 6.54 Å². The molecular weight excluding hydrogens is 512 g/mol. The first-order valence-electron chi connectivity index (χ1n) is 8.27. The van der Waals surface area contributed by atoms with Gasteiger partial charge in [0.05, 0.1) is 12.5 Å². The Bertz CT molecular complexity index is 878. The average Bonchev–Trinajstić information content (AvgIpc) is 2.76. The summed E-state index contributed by atoms with van der Waals surface area (Å²) < 4.78 is 50.8. The maximum Gasteiger partial charge on any atom is 0.490 e. The largest absolute Gasteiger partial charge is 0.490 e. The van der Waals surface area contributed by atoms with Crippen LogP contribution in [0.15, 0.2) is 0 Å². The fourth-order valence-corrected chi connectivity index (χ4v) is 6.17. The maximum atomic E-state index is 12.1. The minimum Gasteiger partial charge on any atom is -0.388 e. The monoisotopic (exact) mass is 532 g/mol. The van der Waals surface area contributed by atoms with E-state index >= 15 is 0 Å². The molecule has 180 valence electrons. The second-order valence-corrected chi connectivity index (χ2v) is 12.1. The van der Waals surface area contributed by atoms with Gasteiger partial charge in [-0.1, -0.05) is 6.92 Å². The molecule has 2 heterocycles. The van der Waals surface area contributed by atoms with Gasteiger partial charge in [-0.25, -0.2) is 18.5 Å². The number of imide groups is 1. The van der Waals surface area contributed by atoms with Crippen LogP contribution in [-0.2, 0) is 36.4 Å². The van der Waals surface area contributed by atoms with Crippen molar-refractivity contribution >= 4 is 47.0 Å². The Morgan fingerprint density at radius 2 is 1.77 bits per heavy atom. The number of ether oxygens (including phenoxy) is 1. The number of nitrogens with zero attached hydrogens (tertiary/aromatic N) is 1. The van der Waals surface area contributed by atoms with Crippen LogP contribution in [0, 0.1) is 5.92 Å². The molecule has 31 heavy (non-hydrogen) atoms. The normalized spacial score (nSPS) is 36.1. The summed E-state index contributed by atoms with van der Waals surface area (Å²) in [6, 6.07) is -0.847. The summed E-state index contributed by atoms with van der Waals surface area (Å²) in [4.78, 5) is 58.7. The van der Waals surface area contributed by atoms with Crippen LogP contribution in [0.25, 0.3) is 0 Å². The zero-order chi connectivity index (χ0) is 24.0. The third kappa shape index (κ3) is 6.78. The van der Waals surface area contributed by atoms with Crippen molar-refractivity contribution < 1.29 is 65.8 Å². The topological polar surface area (TPSA) is 239 Å². The van der Waals surface area contributed by atoms with Crippen LogP contribution in [0.1, 0.15) is 13.8 Å². The van der Waals surface area contributed by atoms with E-state index in [2.05, 4.69) is 18.5 Å². The first-order chi connectivity index (χ1) is 13.8. The van der Waals surface area contributed by atoms with Gasteiger partial charge in [0, 0.05) is 6.54 Å². The molecule has 2 aliphatic heterocycles. The quantitative estimate of drug-likeness (QED) is 0.172. The van der Waals surface area contributed by atoms with E-state index in [1.165, 1.54) is 13.8 Å². The average molecular weight is 533 g/mol. The number of hydrogen-bond donors (Lipinski definition) is 6. The predicted molar refractivity (Wildman–Crippen MR) is 98.2 cm³/mol. The summed E-state index contributed by atoms with van der Waals surface area (Å²) >= 11 is 6.30. The number of aliphatic hydroxyl groups excluding tert-OH is 1. The number of amides is 3. The highest BCUT2D eigenvalue weighted by Gasteiger charge is 2.57. The van der Waals surface area contributed by atoms with E-state index in [9.17, 15) is 33.3 Å². The molecular formula is C11H20ClN2O14P3. The number of aliphatic hydroxyl groups is 1. The zero-order valence-electron chi connectivity index (χ0n) is 15.8. The van der Waals surface area contributed by atoms with E-state index in [4.69, 9.17) is 31.0 Å². The molecule has 3 unspecified atom stereocenters. The summed E-state index contributed by atoms with van der Waals surface area (Å²) in [5.74, 6) is -1.15. The third-order valence-electron chi connectivity index (χ3n) is 4.23. The Hall–Kier alpha value is -0.440. The lowest BCUT2D eigenvalue weighted by Crippen LogP contribution is -2.61. The number of hydrogen-bond acceptors (Lipinski definition) is 10. The summed E-state index contributed by atoms with van der Waals surface area (Å²) in [7, 11) is -16.7. The molecule has 6 N–H and O–H groups in total. The number of nitrogens with one attached hydrogen (secondary N) is 1. The molecule has 7 atom stereocenters. The molecule has 2 saturated heterocycles. The SMILES string of the molecule is CC1CN([C@@H]2O[C@H](COP(=O)(O)OP(=O)(O)OP(=O)(O)O)[C@@H](O)[C@@]2(C)Cl)C(=O)NC1=O. The molecule has 0 saturated carbocycles. The van der Waals surface area contributed by atoms with Crippen LogP contribution in [0.3, 0.4) is 0 Å². The van der Waals surface area contributed by atoms with Crippen molar-refractivity contribution in [2.75, 3.05) is 13.2 Å². The van der Waals surface area contributed by atoms with Gasteiger partial charge in [0.15, 0.2) is 6.23 Å². The van der Waals surface area contributed by atoms with Crippen LogP contribution in [0.5, 0.6) is 0 Å². The van der Waals surface area contributed by atoms with Gasteiger partial charge in [-0.3, -0.25) is 19.5 Å². The maximum absolute atomic E-state index is 12.1. The summed E-state index contributed by atoms with van der Waals surface area (Å²) in [6.07, 6.45) is -4.38. The van der Waals surface area contributed by atoms with E-state index < -0.39 is 71.2 Å². The molecule has 0 aliphatic carbocycles. The fourth-order valence-electron chi connectivity index (χ4n) is 2.83. The van der Waals surface area contributed by atoms with Crippen molar-refractivity contribution in [3.63, 3.8) is 0 Å². The van der Waals surface area contributed by atoms with Gasteiger partial charge >= 0.3 is 29.5 Å². The highest BCUT2D eigenvalue weighted by molar-refractivity contribution is 7.66. The minimum absolute atomic E-state index is 0.104. The van der Waals surface area contributed by atoms with Crippen molar-refractivity contribution in [2.45, 2.75) is 37.2 Å². The molecule has 2 aliphatic rings. The molecule has 0 spiro atoms. The van der Waals surface area contributed by atoms with E-state index in [1.54, 1.807) is 0 Å². The predicted octanol–water partition coefficient (Wildman–Crippen LogP) is -0.399. The van der Waals surface area contributed by atoms with Gasteiger partial charge < -0.3 is 29.4 Å². The van der Waals surface area contributed by atoms with E-state index in [0.29, 0.717) is 0 Å². The van der Waals surface area contributed by atoms with Crippen molar-refractivity contribution in [1.82, 2.24) is 10.2 Å². The van der Waals surface area contributed by atoms with Crippen molar-refractivity contribution in [1.29, 1.82) is 0 Å². The van der Waals surface area contributed by atoms with Crippen molar-refractivity contribution in [3.05, 3.63) is 0 Å². The standard InChI is InChI=1S/C11H20ClN2O14P3/c1-5-3-14(10(17)13-8(5)16)9-11(2,12)7(15)6(26-9)4-25-30(21,22)28-31(23,24)27-29(18,19)20/h5-7,9,15H,3-4H2,1-2H3,(H,21,22)(H,23,24)(H,13,16,17)(H2,18,19,20)/t5?,6-,7-,9-,11-/m1/s1. The number of urea groups is 1. The van der Waals surface area contributed by atoms with E-state index in [1.807, 2.05) is 0 Å². The lowest BCUT2D eigenvalue weighted by atomic mass is 9.99. The summed E-state index contributed by atoms with van der Waals surface area (Å²) in [6.45, 7) is 1.75. The molecule has 16 nitrogen and oxygen atoms in total. The molecule has 0 aromatic carbocycles. The number of alkyl halides is 1. The lowest BCUT2D eigenvalue weighted by Gasteiger charge is -2.38. The number of halogens is 1. The van der Waals surface area contributed by atoms with Crippen molar-refractivity contribution in [2.24, 2.45) is 5.92 Å². The Balaban J connectivity index is 2.07. The molecule has 20 heteroatoms. The third-order valence-corrected chi connectivity index (χ3v) is 8.44. The molecule has 0 aromatic rings. The number of phosphoric acid groups is 3. The lowest BCUT2D eigenvalue weighted by molar-refractivity contribution is -0.129. The van der Waals surface area contributed by atoms with Crippen LogP contribution >= 0.6 is 35.1 Å². The second-order valence-electron chi connectivity index (χ2n) is 6.86. The Morgan fingerprint density at radius 1 is 1.19 bits per heavy atom. The first kappa shape index (κ1) is 26.8. The molecule has 2 rings (SSSR count). The van der Waals surface area contributed by atoms with Crippen LogP contribution in [0.4, 0.5) is 4.79 Å². The first-order valence-corrected chi connectivity index (χ1v) is 13.2. The minimum atomic E-state index is -5.72. The molecule has 0 bridgehead atoms. The smallest absolute Gasteiger partial charge is 0.388 e. The van der Waals surface area contributed by atoms with Gasteiger partial charge in [0.1, 0.15) is 17.1 Å². The molecule has 2 fully saturated rings. The Morgan fingerprint density at radius 3 is 2.32 bits per heavy atom. The molecule has 0 radical (unpaired) electrons. The van der Waals surface area contributed by atoms with Gasteiger partial charge in [-0.05, 0) is 6.92 Å². The Labute approximate surface area is 179 Å². The number of phosphoric ester groups is 1. The van der Waals surface area contributed by atoms with Crippen LogP contribution in [0.2, 0.25) is 0 Å². The zero-order valence-corrected chi connectivity index (χ0v) is 19.2. The van der Waals surface area contributed by atoms with Gasteiger partial charge in [-0.2, -0.15) is 8.62 Å². The molecule has 0 aromatic heterocycles. The summed E-state index contributed by atoms with van der Waals surface area (Å²) in [5, 5.41) is 12.5. The van der Waals surface area contributed by atoms with Gasteiger partial charge in [0.25, 0.3) is 0 Å².